The van der Waals surface area contributed by atoms with Crippen LogP contribution >= 0.6 is 11.3 Å². The van der Waals surface area contributed by atoms with Crippen molar-refractivity contribution < 1.29 is 22.4 Å². The highest BCUT2D eigenvalue weighted by Gasteiger charge is 2.34. The van der Waals surface area contributed by atoms with Crippen LogP contribution in [0.4, 0.5) is 17.6 Å². The number of fused-ring (bicyclic) bond motifs is 1. The summed E-state index contributed by atoms with van der Waals surface area (Å²) in [6.45, 7) is -0.590. The molecule has 0 saturated carbocycles. The molecule has 1 amide bonds. The van der Waals surface area contributed by atoms with Crippen LogP contribution in [0, 0.1) is 5.82 Å². The van der Waals surface area contributed by atoms with E-state index < -0.39 is 35.6 Å². The second-order valence-electron chi connectivity index (χ2n) is 6.28. The molecule has 0 spiro atoms. The fourth-order valence-corrected chi connectivity index (χ4v) is 3.73. The van der Waals surface area contributed by atoms with Crippen molar-refractivity contribution in [3.8, 4) is 10.4 Å². The normalized spacial score (nSPS) is 11.7. The average molecular weight is 419 g/mol. The first-order valence-electron chi connectivity index (χ1n) is 8.47. The Morgan fingerprint density at radius 2 is 2.03 bits per heavy atom. The number of H-pyrrole nitrogens is 1. The number of aromatic nitrogens is 2. The Labute approximate surface area is 166 Å². The molecule has 0 aliphatic heterocycles. The van der Waals surface area contributed by atoms with Crippen LogP contribution in [0.1, 0.15) is 21.5 Å². The summed E-state index contributed by atoms with van der Waals surface area (Å²) in [7, 11) is 0. The summed E-state index contributed by atoms with van der Waals surface area (Å²) in [6, 6.07) is 8.02. The topological polar surface area (TPSA) is 57.8 Å². The van der Waals surface area contributed by atoms with Crippen LogP contribution in [0.25, 0.3) is 21.3 Å². The molecule has 0 aliphatic rings. The van der Waals surface area contributed by atoms with Gasteiger partial charge in [0.05, 0.1) is 27.0 Å². The predicted molar refractivity (Wildman–Crippen MR) is 102 cm³/mol. The molecule has 0 bridgehead atoms. The molecular formula is C20H13F4N3OS. The molecular weight excluding hydrogens is 406 g/mol. The molecule has 0 radical (unpaired) electrons. The van der Waals surface area contributed by atoms with Crippen molar-refractivity contribution in [2.45, 2.75) is 12.7 Å². The number of halogens is 4. The molecule has 4 aromatic rings. The van der Waals surface area contributed by atoms with E-state index in [0.29, 0.717) is 5.52 Å². The van der Waals surface area contributed by atoms with Gasteiger partial charge in [0, 0.05) is 29.9 Å². The summed E-state index contributed by atoms with van der Waals surface area (Å²) in [5, 5.41) is 3.18. The van der Waals surface area contributed by atoms with E-state index >= 15 is 0 Å². The van der Waals surface area contributed by atoms with Crippen LogP contribution in [0.15, 0.2) is 54.3 Å². The van der Waals surface area contributed by atoms with Crippen molar-refractivity contribution >= 4 is 28.1 Å². The Bertz CT molecular complexity index is 1180. The standard InChI is InChI=1S/C20H13F4N3OS/c21-16-3-1-2-15(20(22,23)24)14(16)8-27-19(28)13-7-12(17-9-25-10-29-17)6-11-4-5-26-18(11)13/h1-7,9-10,26H,8H2,(H,27,28). The average Bonchev–Trinajstić information content (AvgIpc) is 3.36. The van der Waals surface area contributed by atoms with E-state index in [1.165, 1.54) is 11.3 Å². The molecule has 2 N–H and O–H groups in total. The number of thiazole rings is 1. The third-order valence-corrected chi connectivity index (χ3v) is 5.29. The summed E-state index contributed by atoms with van der Waals surface area (Å²) >= 11 is 1.40. The van der Waals surface area contributed by atoms with Gasteiger partial charge in [-0.05, 0) is 35.9 Å². The zero-order valence-electron chi connectivity index (χ0n) is 14.7. The number of nitrogens with zero attached hydrogens (tertiary/aromatic N) is 1. The first kappa shape index (κ1) is 19.1. The Hall–Kier alpha value is -3.20. The van der Waals surface area contributed by atoms with Crippen molar-refractivity contribution in [3.05, 3.63) is 76.8 Å². The van der Waals surface area contributed by atoms with E-state index in [2.05, 4.69) is 15.3 Å². The maximum absolute atomic E-state index is 14.0. The number of carbonyl (C=O) groups is 1. The molecule has 0 atom stereocenters. The summed E-state index contributed by atoms with van der Waals surface area (Å²) in [5.74, 6) is -1.64. The van der Waals surface area contributed by atoms with E-state index in [1.54, 1.807) is 30.0 Å². The number of benzene rings is 2. The van der Waals surface area contributed by atoms with Gasteiger partial charge in [-0.3, -0.25) is 9.78 Å². The Morgan fingerprint density at radius 3 is 2.76 bits per heavy atom. The zero-order chi connectivity index (χ0) is 20.6. The largest absolute Gasteiger partial charge is 0.416 e. The zero-order valence-corrected chi connectivity index (χ0v) is 15.5. The van der Waals surface area contributed by atoms with Gasteiger partial charge < -0.3 is 10.3 Å². The first-order valence-corrected chi connectivity index (χ1v) is 9.35. The monoisotopic (exact) mass is 419 g/mol. The summed E-state index contributed by atoms with van der Waals surface area (Å²) in [4.78, 5) is 20.6. The van der Waals surface area contributed by atoms with Gasteiger partial charge in [0.1, 0.15) is 5.82 Å². The van der Waals surface area contributed by atoms with Gasteiger partial charge in [0.25, 0.3) is 5.91 Å². The van der Waals surface area contributed by atoms with Crippen LogP contribution in [-0.4, -0.2) is 15.9 Å². The molecule has 2 aromatic heterocycles. The SMILES string of the molecule is O=C(NCc1c(F)cccc1C(F)(F)F)c1cc(-c2cncs2)cc2cc[nH]c12. The number of alkyl halides is 3. The molecule has 0 unspecified atom stereocenters. The van der Waals surface area contributed by atoms with Gasteiger partial charge in [-0.15, -0.1) is 11.3 Å². The van der Waals surface area contributed by atoms with Crippen molar-refractivity contribution in [1.29, 1.82) is 0 Å². The van der Waals surface area contributed by atoms with E-state index in [0.717, 1.165) is 34.0 Å². The maximum atomic E-state index is 14.0. The van der Waals surface area contributed by atoms with Gasteiger partial charge in [-0.2, -0.15) is 13.2 Å². The first-order chi connectivity index (χ1) is 13.8. The van der Waals surface area contributed by atoms with E-state index in [9.17, 15) is 22.4 Å². The minimum Gasteiger partial charge on any atom is -0.361 e. The second-order valence-corrected chi connectivity index (χ2v) is 7.16. The number of nitrogens with one attached hydrogen (secondary N) is 2. The Morgan fingerprint density at radius 1 is 1.21 bits per heavy atom. The molecule has 4 nitrogen and oxygen atoms in total. The quantitative estimate of drug-likeness (QED) is 0.437. The molecule has 0 saturated heterocycles. The molecule has 29 heavy (non-hydrogen) atoms. The van der Waals surface area contributed by atoms with E-state index in [4.69, 9.17) is 0 Å². The number of hydrogen-bond acceptors (Lipinski definition) is 3. The van der Waals surface area contributed by atoms with Crippen LogP contribution in [-0.2, 0) is 12.7 Å². The van der Waals surface area contributed by atoms with Crippen molar-refractivity contribution in [2.75, 3.05) is 0 Å². The van der Waals surface area contributed by atoms with Crippen LogP contribution in [0.5, 0.6) is 0 Å². The lowest BCUT2D eigenvalue weighted by molar-refractivity contribution is -0.138. The van der Waals surface area contributed by atoms with Gasteiger partial charge in [0.2, 0.25) is 0 Å². The number of carbonyl (C=O) groups excluding carboxylic acids is 1. The minimum absolute atomic E-state index is 0.251. The Kier molecular flexibility index (Phi) is 4.83. The minimum atomic E-state index is -4.72. The van der Waals surface area contributed by atoms with Crippen LogP contribution in [0.3, 0.4) is 0 Å². The maximum Gasteiger partial charge on any atom is 0.416 e. The van der Waals surface area contributed by atoms with Gasteiger partial charge in [0.15, 0.2) is 0 Å². The van der Waals surface area contributed by atoms with Gasteiger partial charge in [-0.25, -0.2) is 4.39 Å². The van der Waals surface area contributed by atoms with Crippen molar-refractivity contribution in [3.63, 3.8) is 0 Å². The second kappa shape index (κ2) is 7.32. The number of hydrogen-bond donors (Lipinski definition) is 2. The smallest absolute Gasteiger partial charge is 0.361 e. The number of aromatic amines is 1. The lowest BCUT2D eigenvalue weighted by atomic mass is 10.0. The highest BCUT2D eigenvalue weighted by atomic mass is 32.1. The third-order valence-electron chi connectivity index (χ3n) is 4.47. The van der Waals surface area contributed by atoms with E-state index in [1.807, 2.05) is 6.07 Å². The summed E-state index contributed by atoms with van der Waals surface area (Å²) < 4.78 is 53.5. The van der Waals surface area contributed by atoms with Crippen molar-refractivity contribution in [2.24, 2.45) is 0 Å². The van der Waals surface area contributed by atoms with Gasteiger partial charge >= 0.3 is 6.18 Å². The highest BCUT2D eigenvalue weighted by molar-refractivity contribution is 7.13. The molecule has 2 heterocycles. The lowest BCUT2D eigenvalue weighted by Gasteiger charge is -2.14. The van der Waals surface area contributed by atoms with E-state index in [-0.39, 0.29) is 5.56 Å². The fourth-order valence-electron chi connectivity index (χ4n) is 3.12. The van der Waals surface area contributed by atoms with Crippen LogP contribution in [0.2, 0.25) is 0 Å². The molecule has 4 rings (SSSR count). The molecule has 2 aromatic carbocycles. The highest BCUT2D eigenvalue weighted by Crippen LogP contribution is 2.33. The van der Waals surface area contributed by atoms with Gasteiger partial charge in [-0.1, -0.05) is 6.07 Å². The molecule has 0 aliphatic carbocycles. The Balaban J connectivity index is 1.67. The van der Waals surface area contributed by atoms with Crippen molar-refractivity contribution in [1.82, 2.24) is 15.3 Å². The third kappa shape index (κ3) is 3.73. The number of amides is 1. The molecule has 0 fully saturated rings. The molecule has 148 valence electrons. The number of rotatable bonds is 4. The summed E-state index contributed by atoms with van der Waals surface area (Å²) in [5.41, 5.74) is 1.50. The molecule has 9 heteroatoms. The van der Waals surface area contributed by atoms with Crippen LogP contribution < -0.4 is 5.32 Å². The lowest BCUT2D eigenvalue weighted by Crippen LogP contribution is -2.25. The summed E-state index contributed by atoms with van der Waals surface area (Å²) in [6.07, 6.45) is -1.40. The fraction of sp³-hybridized carbons (Fsp3) is 0.100. The predicted octanol–water partition coefficient (Wildman–Crippen LogP) is 5.38.